The van der Waals surface area contributed by atoms with Crippen LogP contribution in [0.5, 0.6) is 0 Å². The van der Waals surface area contributed by atoms with Crippen LogP contribution < -0.4 is 10.6 Å². The van der Waals surface area contributed by atoms with E-state index in [4.69, 9.17) is 14.6 Å². The van der Waals surface area contributed by atoms with Crippen LogP contribution in [0.1, 0.15) is 20.8 Å². The van der Waals surface area contributed by atoms with E-state index in [9.17, 15) is 24.6 Å². The number of carbonyl (C=O) groups is 3. The zero-order valence-corrected chi connectivity index (χ0v) is 13.1. The number of hydrogen-bond donors (Lipinski definition) is 5. The molecule has 1 aliphatic heterocycles. The molecular weight excluding hydrogens is 312 g/mol. The van der Waals surface area contributed by atoms with E-state index in [1.54, 1.807) is 0 Å². The highest BCUT2D eigenvalue weighted by atomic mass is 16.6. The summed E-state index contributed by atoms with van der Waals surface area (Å²) in [7, 11) is 0. The van der Waals surface area contributed by atoms with Gasteiger partial charge in [-0.3, -0.25) is 9.59 Å². The lowest BCUT2D eigenvalue weighted by Crippen LogP contribution is -2.66. The fourth-order valence-corrected chi connectivity index (χ4v) is 2.19. The maximum atomic E-state index is 11.2. The summed E-state index contributed by atoms with van der Waals surface area (Å²) >= 11 is 0. The van der Waals surface area contributed by atoms with Gasteiger partial charge in [0.05, 0.1) is 0 Å². The lowest BCUT2D eigenvalue weighted by molar-refractivity contribution is -0.260. The van der Waals surface area contributed by atoms with E-state index in [2.05, 4.69) is 10.6 Å². The van der Waals surface area contributed by atoms with E-state index in [0.717, 1.165) is 0 Å². The lowest BCUT2D eigenvalue weighted by Gasteiger charge is -2.43. The molecule has 10 heteroatoms. The number of rotatable bonds is 6. The smallest absolute Gasteiger partial charge is 0.332 e. The molecule has 6 atom stereocenters. The van der Waals surface area contributed by atoms with Crippen molar-refractivity contribution in [1.82, 2.24) is 10.6 Å². The summed E-state index contributed by atoms with van der Waals surface area (Å²) in [5.41, 5.74) is 0. The third kappa shape index (κ3) is 5.43. The number of carbonyl (C=O) groups excluding carboxylic acids is 2. The summed E-state index contributed by atoms with van der Waals surface area (Å²) in [6.07, 6.45) is -6.44. The van der Waals surface area contributed by atoms with Crippen molar-refractivity contribution in [3.8, 4) is 0 Å². The second-order valence-corrected chi connectivity index (χ2v) is 5.30. The van der Waals surface area contributed by atoms with Gasteiger partial charge >= 0.3 is 5.97 Å². The van der Waals surface area contributed by atoms with Crippen LogP contribution in [0.15, 0.2) is 0 Å². The molecule has 0 spiro atoms. The number of nitrogens with one attached hydrogen (secondary N) is 2. The van der Waals surface area contributed by atoms with Gasteiger partial charge < -0.3 is 35.4 Å². The molecule has 1 rings (SSSR count). The monoisotopic (exact) mass is 334 g/mol. The zero-order valence-electron chi connectivity index (χ0n) is 13.1. The van der Waals surface area contributed by atoms with E-state index in [1.165, 1.54) is 20.8 Å². The fraction of sp³-hybridized carbons (Fsp3) is 0.769. The summed E-state index contributed by atoms with van der Waals surface area (Å²) in [4.78, 5) is 33.1. The lowest BCUT2D eigenvalue weighted by atomic mass is 9.96. The summed E-state index contributed by atoms with van der Waals surface area (Å²) < 4.78 is 10.5. The Bertz CT molecular complexity index is 457. The van der Waals surface area contributed by atoms with Crippen molar-refractivity contribution in [3.63, 3.8) is 0 Å². The third-order valence-corrected chi connectivity index (χ3v) is 3.32. The molecule has 2 amide bonds. The van der Waals surface area contributed by atoms with Crippen LogP contribution in [0.2, 0.25) is 0 Å². The SMILES string of the molecule is CC(=O)NC[C@H]1O[C@H](O)[C@H](NC(C)=O)[C@@H](O[C@H](C)C(=O)O)[C@@H]1O. The zero-order chi connectivity index (χ0) is 17.7. The van der Waals surface area contributed by atoms with Crippen molar-refractivity contribution in [1.29, 1.82) is 0 Å². The van der Waals surface area contributed by atoms with Crippen LogP contribution in [-0.4, -0.2) is 76.4 Å². The molecule has 0 saturated carbocycles. The standard InChI is InChI=1S/C13H22N2O8/c1-5(12(19)20)22-11-9(15-7(3)17)13(21)23-8(10(11)18)4-14-6(2)16/h5,8-11,13,18,21H,4H2,1-3H3,(H,14,16)(H,15,17)(H,19,20)/t5-,8-,9-,10-,11-,13+/m1/s1. The van der Waals surface area contributed by atoms with Gasteiger partial charge in [0.1, 0.15) is 24.4 Å². The number of aliphatic hydroxyl groups is 2. The highest BCUT2D eigenvalue weighted by molar-refractivity contribution is 5.74. The molecular formula is C13H22N2O8. The molecule has 0 unspecified atom stereocenters. The normalized spacial score (nSPS) is 32.0. The number of aliphatic hydroxyl groups excluding tert-OH is 2. The van der Waals surface area contributed by atoms with E-state index in [-0.39, 0.29) is 12.5 Å². The van der Waals surface area contributed by atoms with Crippen molar-refractivity contribution in [2.24, 2.45) is 0 Å². The molecule has 0 radical (unpaired) electrons. The second kappa shape index (κ2) is 8.20. The first-order chi connectivity index (χ1) is 10.6. The molecule has 0 aromatic rings. The molecule has 1 saturated heterocycles. The first-order valence-corrected chi connectivity index (χ1v) is 7.05. The molecule has 0 aliphatic carbocycles. The molecule has 10 nitrogen and oxygen atoms in total. The maximum Gasteiger partial charge on any atom is 0.332 e. The van der Waals surface area contributed by atoms with Gasteiger partial charge in [-0.05, 0) is 6.92 Å². The topological polar surface area (TPSA) is 154 Å². The third-order valence-electron chi connectivity index (χ3n) is 3.32. The van der Waals surface area contributed by atoms with Gasteiger partial charge in [-0.2, -0.15) is 0 Å². The predicted octanol–water partition coefficient (Wildman–Crippen LogP) is -2.44. The van der Waals surface area contributed by atoms with Gasteiger partial charge in [-0.15, -0.1) is 0 Å². The van der Waals surface area contributed by atoms with Crippen molar-refractivity contribution in [2.45, 2.75) is 57.5 Å². The Morgan fingerprint density at radius 2 is 1.83 bits per heavy atom. The van der Waals surface area contributed by atoms with Gasteiger partial charge in [0, 0.05) is 20.4 Å². The van der Waals surface area contributed by atoms with E-state index >= 15 is 0 Å². The molecule has 23 heavy (non-hydrogen) atoms. The summed E-state index contributed by atoms with van der Waals surface area (Å²) in [5.74, 6) is -2.14. The molecule has 1 heterocycles. The Morgan fingerprint density at radius 1 is 1.22 bits per heavy atom. The van der Waals surface area contributed by atoms with Crippen LogP contribution in [0.25, 0.3) is 0 Å². The van der Waals surface area contributed by atoms with Crippen LogP contribution in [0, 0.1) is 0 Å². The quantitative estimate of drug-likeness (QED) is 0.359. The molecule has 1 aliphatic rings. The molecule has 5 N–H and O–H groups in total. The van der Waals surface area contributed by atoms with Gasteiger partial charge in [0.2, 0.25) is 11.8 Å². The molecule has 0 aromatic heterocycles. The van der Waals surface area contributed by atoms with E-state index in [1.807, 2.05) is 0 Å². The summed E-state index contributed by atoms with van der Waals surface area (Å²) in [6.45, 7) is 3.61. The van der Waals surface area contributed by atoms with E-state index in [0.29, 0.717) is 0 Å². The van der Waals surface area contributed by atoms with Gasteiger partial charge in [-0.1, -0.05) is 0 Å². The van der Waals surface area contributed by atoms with Crippen molar-refractivity contribution in [3.05, 3.63) is 0 Å². The Hall–Kier alpha value is -1.75. The highest BCUT2D eigenvalue weighted by Gasteiger charge is 2.47. The van der Waals surface area contributed by atoms with Crippen LogP contribution in [-0.2, 0) is 23.9 Å². The highest BCUT2D eigenvalue weighted by Crippen LogP contribution is 2.23. The van der Waals surface area contributed by atoms with Crippen LogP contribution in [0.3, 0.4) is 0 Å². The average molecular weight is 334 g/mol. The minimum absolute atomic E-state index is 0.109. The molecule has 1 fully saturated rings. The number of carboxylic acid groups (broad SMARTS) is 1. The fourth-order valence-electron chi connectivity index (χ4n) is 2.19. The largest absolute Gasteiger partial charge is 0.479 e. The Labute approximate surface area is 132 Å². The first-order valence-electron chi connectivity index (χ1n) is 7.05. The molecule has 132 valence electrons. The molecule has 0 bridgehead atoms. The van der Waals surface area contributed by atoms with Gasteiger partial charge in [-0.25, -0.2) is 4.79 Å². The Morgan fingerprint density at radius 3 is 2.30 bits per heavy atom. The maximum absolute atomic E-state index is 11.2. The number of amides is 2. The van der Waals surface area contributed by atoms with Crippen LogP contribution in [0.4, 0.5) is 0 Å². The van der Waals surface area contributed by atoms with Gasteiger partial charge in [0.25, 0.3) is 0 Å². The van der Waals surface area contributed by atoms with Crippen LogP contribution >= 0.6 is 0 Å². The van der Waals surface area contributed by atoms with Crippen molar-refractivity contribution >= 4 is 17.8 Å². The number of hydrogen-bond acceptors (Lipinski definition) is 7. The second-order valence-electron chi connectivity index (χ2n) is 5.30. The number of aliphatic carboxylic acids is 1. The van der Waals surface area contributed by atoms with Gasteiger partial charge in [0.15, 0.2) is 12.4 Å². The number of carboxylic acids is 1. The van der Waals surface area contributed by atoms with Crippen molar-refractivity contribution < 1.29 is 39.2 Å². The Balaban J connectivity index is 2.93. The predicted molar refractivity (Wildman–Crippen MR) is 75.1 cm³/mol. The number of ether oxygens (including phenoxy) is 2. The average Bonchev–Trinajstić information content (AvgIpc) is 2.43. The van der Waals surface area contributed by atoms with E-state index < -0.39 is 48.6 Å². The summed E-state index contributed by atoms with van der Waals surface area (Å²) in [6, 6.07) is -1.15. The molecule has 0 aromatic carbocycles. The first kappa shape index (κ1) is 19.3. The minimum atomic E-state index is -1.54. The van der Waals surface area contributed by atoms with Crippen molar-refractivity contribution in [2.75, 3.05) is 6.54 Å². The minimum Gasteiger partial charge on any atom is -0.479 e. The summed E-state index contributed by atoms with van der Waals surface area (Å²) in [5, 5.41) is 34.0. The Kier molecular flexibility index (Phi) is 6.88.